The number of amides is 1. The average molecular weight is 359 g/mol. The number of halogens is 2. The van der Waals surface area contributed by atoms with Gasteiger partial charge in [-0.3, -0.25) is 14.5 Å². The van der Waals surface area contributed by atoms with E-state index in [0.29, 0.717) is 49.1 Å². The fourth-order valence-electron chi connectivity index (χ4n) is 2.71. The molecule has 0 saturated carbocycles. The predicted octanol–water partition coefficient (Wildman–Crippen LogP) is 2.75. The van der Waals surface area contributed by atoms with Gasteiger partial charge < -0.3 is 10.0 Å². The molecule has 1 aromatic carbocycles. The number of piperidine rings is 1. The Labute approximate surface area is 145 Å². The van der Waals surface area contributed by atoms with Gasteiger partial charge in [0.15, 0.2) is 0 Å². The van der Waals surface area contributed by atoms with E-state index in [1.807, 2.05) is 4.90 Å². The minimum Gasteiger partial charge on any atom is -0.481 e. The van der Waals surface area contributed by atoms with Gasteiger partial charge in [0, 0.05) is 23.6 Å². The van der Waals surface area contributed by atoms with E-state index < -0.39 is 5.97 Å². The zero-order valence-corrected chi connectivity index (χ0v) is 14.5. The number of likely N-dealkylation sites (N-methyl/N-ethyl adjacent to an activating group) is 1. The molecule has 1 saturated heterocycles. The fraction of sp³-hybridized carbons (Fsp3) is 0.500. The second-order valence-corrected chi connectivity index (χ2v) is 6.79. The molecule has 0 bridgehead atoms. The number of hydrogen-bond acceptors (Lipinski definition) is 3. The van der Waals surface area contributed by atoms with Crippen LogP contribution < -0.4 is 0 Å². The van der Waals surface area contributed by atoms with Gasteiger partial charge in [-0.05, 0) is 49.7 Å². The minimum atomic E-state index is -0.745. The summed E-state index contributed by atoms with van der Waals surface area (Å²) in [6.45, 7) is 2.01. The highest BCUT2D eigenvalue weighted by molar-refractivity contribution is 6.34. The van der Waals surface area contributed by atoms with Crippen LogP contribution in [0, 0.1) is 5.92 Å². The lowest BCUT2D eigenvalue weighted by Gasteiger charge is -2.30. The normalized spacial score (nSPS) is 16.3. The van der Waals surface area contributed by atoms with Crippen LogP contribution in [0.4, 0.5) is 0 Å². The van der Waals surface area contributed by atoms with E-state index in [9.17, 15) is 9.59 Å². The lowest BCUT2D eigenvalue weighted by molar-refractivity contribution is -0.143. The summed E-state index contributed by atoms with van der Waals surface area (Å²) in [5.41, 5.74) is 0.878. The van der Waals surface area contributed by atoms with Crippen molar-refractivity contribution in [2.45, 2.75) is 19.4 Å². The highest BCUT2D eigenvalue weighted by atomic mass is 35.5. The van der Waals surface area contributed by atoms with E-state index in [2.05, 4.69) is 0 Å². The summed E-state index contributed by atoms with van der Waals surface area (Å²) in [6.07, 6.45) is 1.19. The van der Waals surface area contributed by atoms with E-state index in [-0.39, 0.29) is 11.8 Å². The van der Waals surface area contributed by atoms with Gasteiger partial charge in [-0.25, -0.2) is 0 Å². The van der Waals surface area contributed by atoms with Crippen molar-refractivity contribution in [1.29, 1.82) is 0 Å². The first-order chi connectivity index (χ1) is 10.8. The number of aliphatic carboxylic acids is 1. The lowest BCUT2D eigenvalue weighted by Crippen LogP contribution is -2.43. The highest BCUT2D eigenvalue weighted by Gasteiger charge is 2.26. The third-order valence-corrected chi connectivity index (χ3v) is 4.50. The van der Waals surface area contributed by atoms with Crippen molar-refractivity contribution in [2.24, 2.45) is 5.92 Å². The SMILES string of the molecule is CN(Cc1cc(Cl)cc(Cl)c1)C(=O)CN1CCC(C(=O)O)CC1. The number of nitrogens with zero attached hydrogens (tertiary/aromatic N) is 2. The van der Waals surface area contributed by atoms with Gasteiger partial charge in [0.25, 0.3) is 0 Å². The summed E-state index contributed by atoms with van der Waals surface area (Å²) in [6, 6.07) is 5.23. The zero-order chi connectivity index (χ0) is 17.0. The van der Waals surface area contributed by atoms with Crippen LogP contribution in [-0.4, -0.2) is 53.5 Å². The molecule has 2 rings (SSSR count). The van der Waals surface area contributed by atoms with E-state index in [1.54, 1.807) is 30.1 Å². The summed E-state index contributed by atoms with van der Waals surface area (Å²) < 4.78 is 0. The van der Waals surface area contributed by atoms with Crippen LogP contribution in [0.5, 0.6) is 0 Å². The number of likely N-dealkylation sites (tertiary alicyclic amines) is 1. The molecule has 1 fully saturated rings. The lowest BCUT2D eigenvalue weighted by atomic mass is 9.97. The van der Waals surface area contributed by atoms with Crippen molar-refractivity contribution in [2.75, 3.05) is 26.7 Å². The number of carboxylic acid groups (broad SMARTS) is 1. The van der Waals surface area contributed by atoms with Gasteiger partial charge in [-0.1, -0.05) is 23.2 Å². The Morgan fingerprint density at radius 2 is 1.78 bits per heavy atom. The molecule has 1 aliphatic rings. The molecule has 1 amide bonds. The molecule has 0 radical (unpaired) electrons. The summed E-state index contributed by atoms with van der Waals surface area (Å²) in [5.74, 6) is -1.03. The van der Waals surface area contributed by atoms with Crippen LogP contribution in [-0.2, 0) is 16.1 Å². The quantitative estimate of drug-likeness (QED) is 0.878. The average Bonchev–Trinajstić information content (AvgIpc) is 2.46. The van der Waals surface area contributed by atoms with Crippen LogP contribution in [0.25, 0.3) is 0 Å². The minimum absolute atomic E-state index is 0.00475. The smallest absolute Gasteiger partial charge is 0.306 e. The first-order valence-corrected chi connectivity index (χ1v) is 8.25. The number of hydrogen-bond donors (Lipinski definition) is 1. The first-order valence-electron chi connectivity index (χ1n) is 7.49. The Kier molecular flexibility index (Phi) is 6.27. The molecule has 0 spiro atoms. The number of carbonyl (C=O) groups is 2. The summed E-state index contributed by atoms with van der Waals surface area (Å²) in [5, 5.41) is 10.1. The maximum absolute atomic E-state index is 12.3. The molecule has 7 heteroatoms. The molecule has 126 valence electrons. The number of benzene rings is 1. The van der Waals surface area contributed by atoms with Crippen molar-refractivity contribution < 1.29 is 14.7 Å². The maximum atomic E-state index is 12.3. The fourth-order valence-corrected chi connectivity index (χ4v) is 3.29. The van der Waals surface area contributed by atoms with E-state index in [1.165, 1.54) is 0 Å². The van der Waals surface area contributed by atoms with Crippen molar-refractivity contribution in [3.05, 3.63) is 33.8 Å². The second kappa shape index (κ2) is 7.99. The molecular weight excluding hydrogens is 339 g/mol. The molecule has 0 aromatic heterocycles. The second-order valence-electron chi connectivity index (χ2n) is 5.92. The maximum Gasteiger partial charge on any atom is 0.306 e. The van der Waals surface area contributed by atoms with Gasteiger partial charge in [0.2, 0.25) is 5.91 Å². The van der Waals surface area contributed by atoms with Crippen LogP contribution in [0.2, 0.25) is 10.0 Å². The monoisotopic (exact) mass is 358 g/mol. The molecule has 0 unspecified atom stereocenters. The van der Waals surface area contributed by atoms with Crippen LogP contribution in [0.1, 0.15) is 18.4 Å². The molecule has 0 atom stereocenters. The molecule has 1 heterocycles. The molecule has 23 heavy (non-hydrogen) atoms. The Bertz CT molecular complexity index is 566. The molecule has 1 aromatic rings. The largest absolute Gasteiger partial charge is 0.481 e. The predicted molar refractivity (Wildman–Crippen MR) is 89.7 cm³/mol. The summed E-state index contributed by atoms with van der Waals surface area (Å²) in [7, 11) is 1.74. The zero-order valence-electron chi connectivity index (χ0n) is 13.0. The highest BCUT2D eigenvalue weighted by Crippen LogP contribution is 2.20. The van der Waals surface area contributed by atoms with Crippen LogP contribution in [0.15, 0.2) is 18.2 Å². The standard InChI is InChI=1S/C16H20Cl2N2O3/c1-19(9-11-6-13(17)8-14(18)7-11)15(21)10-20-4-2-12(3-5-20)16(22)23/h6-8,12H,2-5,9-10H2,1H3,(H,22,23). The van der Waals surface area contributed by atoms with Gasteiger partial charge in [-0.15, -0.1) is 0 Å². The number of rotatable bonds is 5. The molecule has 1 N–H and O–H groups in total. The third kappa shape index (κ3) is 5.37. The Morgan fingerprint density at radius 3 is 2.30 bits per heavy atom. The first kappa shape index (κ1) is 18.0. The van der Waals surface area contributed by atoms with Gasteiger partial charge >= 0.3 is 5.97 Å². The Morgan fingerprint density at radius 1 is 1.22 bits per heavy atom. The molecular formula is C16H20Cl2N2O3. The van der Waals surface area contributed by atoms with Gasteiger partial charge in [0.05, 0.1) is 12.5 Å². The van der Waals surface area contributed by atoms with Crippen molar-refractivity contribution in [1.82, 2.24) is 9.80 Å². The van der Waals surface area contributed by atoms with E-state index in [4.69, 9.17) is 28.3 Å². The summed E-state index contributed by atoms with van der Waals surface area (Å²) in [4.78, 5) is 26.9. The molecule has 5 nitrogen and oxygen atoms in total. The number of carboxylic acids is 1. The Balaban J connectivity index is 1.84. The van der Waals surface area contributed by atoms with Crippen LogP contribution in [0.3, 0.4) is 0 Å². The van der Waals surface area contributed by atoms with Crippen molar-refractivity contribution >= 4 is 35.1 Å². The topological polar surface area (TPSA) is 60.9 Å². The summed E-state index contributed by atoms with van der Waals surface area (Å²) >= 11 is 11.9. The Hall–Kier alpha value is -1.30. The number of carbonyl (C=O) groups excluding carboxylic acids is 1. The van der Waals surface area contributed by atoms with E-state index >= 15 is 0 Å². The van der Waals surface area contributed by atoms with Gasteiger partial charge in [0.1, 0.15) is 0 Å². The van der Waals surface area contributed by atoms with Crippen LogP contribution >= 0.6 is 23.2 Å². The van der Waals surface area contributed by atoms with Gasteiger partial charge in [-0.2, -0.15) is 0 Å². The van der Waals surface area contributed by atoms with E-state index in [0.717, 1.165) is 5.56 Å². The molecule has 1 aliphatic heterocycles. The van der Waals surface area contributed by atoms with Crippen molar-refractivity contribution in [3.63, 3.8) is 0 Å². The van der Waals surface area contributed by atoms with Crippen molar-refractivity contribution in [3.8, 4) is 0 Å². The third-order valence-electron chi connectivity index (χ3n) is 4.06. The molecule has 0 aliphatic carbocycles.